The van der Waals surface area contributed by atoms with Crippen molar-refractivity contribution in [1.29, 1.82) is 5.26 Å². The molecule has 1 aliphatic heterocycles. The highest BCUT2D eigenvalue weighted by atomic mass is 35.5. The van der Waals surface area contributed by atoms with Crippen LogP contribution in [0.3, 0.4) is 0 Å². The molecule has 0 unspecified atom stereocenters. The predicted molar refractivity (Wildman–Crippen MR) is 147 cm³/mol. The van der Waals surface area contributed by atoms with Crippen LogP contribution >= 0.6 is 23.2 Å². The Hall–Kier alpha value is -4.04. The van der Waals surface area contributed by atoms with Gasteiger partial charge in [-0.25, -0.2) is 4.39 Å². The van der Waals surface area contributed by atoms with Crippen molar-refractivity contribution in [3.63, 3.8) is 0 Å². The van der Waals surface area contributed by atoms with Gasteiger partial charge < -0.3 is 16.1 Å². The molecule has 1 aliphatic rings. The number of benzene rings is 2. The number of hydrazine groups is 2. The van der Waals surface area contributed by atoms with Gasteiger partial charge in [-0.05, 0) is 50.2 Å². The Kier molecular flexibility index (Phi) is 6.99. The molecule has 12 heteroatoms. The van der Waals surface area contributed by atoms with Crippen LogP contribution in [0.2, 0.25) is 10.0 Å². The lowest BCUT2D eigenvalue weighted by atomic mass is 10.1. The SMILES string of the molecule is CC(C)N1C=C([C@@H](Nc2cc(Cl)c3ncc(C#N)c(Nc4ccc(F)c(Cl)c4)c3c2)c2ccnn2C)NN1. The lowest BCUT2D eigenvalue weighted by molar-refractivity contribution is 0.220. The summed E-state index contributed by atoms with van der Waals surface area (Å²) in [5.74, 6) is -0.534. The van der Waals surface area contributed by atoms with Crippen molar-refractivity contribution < 1.29 is 4.39 Å². The first-order valence-electron chi connectivity index (χ1n) is 11.8. The fourth-order valence-corrected chi connectivity index (χ4v) is 4.64. The topological polar surface area (TPSA) is 106 Å². The van der Waals surface area contributed by atoms with Crippen molar-refractivity contribution in [2.45, 2.75) is 25.9 Å². The van der Waals surface area contributed by atoms with Gasteiger partial charge in [-0.15, -0.1) is 5.53 Å². The molecular formula is C26H24Cl2FN9. The van der Waals surface area contributed by atoms with Gasteiger partial charge in [0.1, 0.15) is 17.9 Å². The average Bonchev–Trinajstić information content (AvgIpc) is 3.55. The number of aromatic nitrogens is 3. The van der Waals surface area contributed by atoms with Gasteiger partial charge in [0.15, 0.2) is 0 Å². The van der Waals surface area contributed by atoms with Crippen LogP contribution in [-0.2, 0) is 7.05 Å². The smallest absolute Gasteiger partial charge is 0.141 e. The van der Waals surface area contributed by atoms with E-state index in [0.717, 1.165) is 11.4 Å². The van der Waals surface area contributed by atoms with Gasteiger partial charge in [0.25, 0.3) is 0 Å². The van der Waals surface area contributed by atoms with E-state index in [0.29, 0.717) is 38.6 Å². The van der Waals surface area contributed by atoms with Crippen molar-refractivity contribution >= 4 is 51.2 Å². The Balaban J connectivity index is 1.59. The third kappa shape index (κ3) is 4.91. The Morgan fingerprint density at radius 3 is 2.55 bits per heavy atom. The van der Waals surface area contributed by atoms with Gasteiger partial charge in [-0.1, -0.05) is 23.2 Å². The highest BCUT2D eigenvalue weighted by molar-refractivity contribution is 6.36. The van der Waals surface area contributed by atoms with Gasteiger partial charge in [0.05, 0.1) is 38.2 Å². The predicted octanol–water partition coefficient (Wildman–Crippen LogP) is 5.76. The Labute approximate surface area is 228 Å². The molecule has 4 N–H and O–H groups in total. The molecule has 0 amide bonds. The molecule has 2 aromatic carbocycles. The molecule has 38 heavy (non-hydrogen) atoms. The standard InChI is InChI=1S/C26H24Cl2FN9/c1-14(2)38-13-22(35-36-38)26(23-6-7-32-37(23)3)34-17-8-18-24(33-16-4-5-21(29)19(27)9-16)15(11-30)12-31-25(18)20(28)10-17/h4-10,12-14,26,34-36H,1-3H3,(H,31,33)/t26-/m1/s1. The Morgan fingerprint density at radius 2 is 1.89 bits per heavy atom. The minimum atomic E-state index is -0.534. The van der Waals surface area contributed by atoms with E-state index in [1.54, 1.807) is 23.0 Å². The van der Waals surface area contributed by atoms with Crippen LogP contribution in [0.4, 0.5) is 21.5 Å². The molecule has 1 atom stereocenters. The fourth-order valence-electron chi connectivity index (χ4n) is 4.19. The molecule has 3 heterocycles. The third-order valence-electron chi connectivity index (χ3n) is 6.17. The van der Waals surface area contributed by atoms with Crippen LogP contribution in [0.1, 0.15) is 31.1 Å². The summed E-state index contributed by atoms with van der Waals surface area (Å²) < 4.78 is 15.5. The van der Waals surface area contributed by atoms with Gasteiger partial charge >= 0.3 is 0 Å². The number of nitrogens with zero attached hydrogens (tertiary/aromatic N) is 5. The zero-order valence-corrected chi connectivity index (χ0v) is 22.2. The van der Waals surface area contributed by atoms with Gasteiger partial charge in [0, 0.05) is 48.4 Å². The van der Waals surface area contributed by atoms with Crippen LogP contribution in [0, 0.1) is 17.1 Å². The number of pyridine rings is 1. The van der Waals surface area contributed by atoms with Crippen molar-refractivity contribution in [2.24, 2.45) is 7.05 Å². The summed E-state index contributed by atoms with van der Waals surface area (Å²) in [5, 5.41) is 23.8. The van der Waals surface area contributed by atoms with E-state index in [9.17, 15) is 9.65 Å². The molecule has 9 nitrogen and oxygen atoms in total. The van der Waals surface area contributed by atoms with Crippen molar-refractivity contribution in [1.82, 2.24) is 30.7 Å². The van der Waals surface area contributed by atoms with Gasteiger partial charge in [-0.3, -0.25) is 14.7 Å². The number of aryl methyl sites for hydroxylation is 1. The summed E-state index contributed by atoms with van der Waals surface area (Å²) in [6.45, 7) is 4.15. The van der Waals surface area contributed by atoms with E-state index in [4.69, 9.17) is 23.2 Å². The number of halogens is 3. The van der Waals surface area contributed by atoms with Crippen molar-refractivity contribution in [3.8, 4) is 6.07 Å². The lowest BCUT2D eigenvalue weighted by Crippen LogP contribution is -2.41. The number of nitrogens with one attached hydrogen (secondary N) is 4. The molecule has 0 saturated carbocycles. The van der Waals surface area contributed by atoms with E-state index < -0.39 is 5.82 Å². The molecule has 0 bridgehead atoms. The Bertz CT molecular complexity index is 1590. The summed E-state index contributed by atoms with van der Waals surface area (Å²) in [6.07, 6.45) is 5.19. The maximum atomic E-state index is 13.7. The first-order valence-corrected chi connectivity index (χ1v) is 12.5. The van der Waals surface area contributed by atoms with Crippen LogP contribution in [0.5, 0.6) is 0 Å². The summed E-state index contributed by atoms with van der Waals surface area (Å²) in [6, 6.07) is 11.9. The third-order valence-corrected chi connectivity index (χ3v) is 6.75. The lowest BCUT2D eigenvalue weighted by Gasteiger charge is -2.22. The first kappa shape index (κ1) is 25.6. The van der Waals surface area contributed by atoms with E-state index in [1.807, 2.05) is 30.4 Å². The summed E-state index contributed by atoms with van der Waals surface area (Å²) in [5.41, 5.74) is 10.7. The number of anilines is 3. The molecule has 0 saturated heterocycles. The average molecular weight is 552 g/mol. The second-order valence-electron chi connectivity index (χ2n) is 9.05. The maximum Gasteiger partial charge on any atom is 0.141 e. The van der Waals surface area contributed by atoms with Crippen LogP contribution < -0.4 is 21.6 Å². The number of fused-ring (bicyclic) bond motifs is 1. The molecule has 0 fully saturated rings. The zero-order valence-electron chi connectivity index (χ0n) is 20.7. The minimum absolute atomic E-state index is 0.0346. The highest BCUT2D eigenvalue weighted by Gasteiger charge is 2.26. The van der Waals surface area contributed by atoms with E-state index in [1.165, 1.54) is 18.3 Å². The first-order chi connectivity index (χ1) is 18.2. The molecule has 2 aromatic heterocycles. The van der Waals surface area contributed by atoms with Crippen LogP contribution in [0.25, 0.3) is 10.9 Å². The van der Waals surface area contributed by atoms with E-state index in [-0.39, 0.29) is 17.1 Å². The Morgan fingerprint density at radius 1 is 1.11 bits per heavy atom. The summed E-state index contributed by atoms with van der Waals surface area (Å²) >= 11 is 12.7. The normalized spacial score (nSPS) is 13.8. The minimum Gasteiger partial charge on any atom is -0.371 e. The zero-order chi connectivity index (χ0) is 27.0. The molecular weight excluding hydrogens is 528 g/mol. The number of hydrogen-bond donors (Lipinski definition) is 4. The molecule has 4 aromatic rings. The van der Waals surface area contributed by atoms with Gasteiger partial charge in [-0.2, -0.15) is 10.4 Å². The van der Waals surface area contributed by atoms with Crippen molar-refractivity contribution in [3.05, 3.63) is 87.8 Å². The second-order valence-corrected chi connectivity index (χ2v) is 9.86. The fraction of sp³-hybridized carbons (Fsp3) is 0.192. The molecule has 194 valence electrons. The molecule has 0 radical (unpaired) electrons. The maximum absolute atomic E-state index is 13.7. The largest absolute Gasteiger partial charge is 0.371 e. The molecule has 0 spiro atoms. The summed E-state index contributed by atoms with van der Waals surface area (Å²) in [4.78, 5) is 4.41. The van der Waals surface area contributed by atoms with Crippen LogP contribution in [0.15, 0.2) is 60.7 Å². The highest BCUT2D eigenvalue weighted by Crippen LogP contribution is 2.37. The summed E-state index contributed by atoms with van der Waals surface area (Å²) in [7, 11) is 1.87. The number of nitriles is 1. The van der Waals surface area contributed by atoms with E-state index >= 15 is 0 Å². The number of rotatable bonds is 7. The monoisotopic (exact) mass is 551 g/mol. The van der Waals surface area contributed by atoms with E-state index in [2.05, 4.69) is 51.6 Å². The second kappa shape index (κ2) is 10.4. The quantitative estimate of drug-likeness (QED) is 0.230. The molecule has 5 rings (SSSR count). The van der Waals surface area contributed by atoms with Gasteiger partial charge in [0.2, 0.25) is 0 Å². The number of hydrogen-bond acceptors (Lipinski definition) is 8. The van der Waals surface area contributed by atoms with Crippen molar-refractivity contribution in [2.75, 3.05) is 10.6 Å². The molecule has 0 aliphatic carbocycles. The van der Waals surface area contributed by atoms with Crippen LogP contribution in [-0.4, -0.2) is 25.8 Å².